The lowest BCUT2D eigenvalue weighted by molar-refractivity contribution is 0.579. The highest BCUT2D eigenvalue weighted by Crippen LogP contribution is 2.32. The molecule has 0 saturated carbocycles. The summed E-state index contributed by atoms with van der Waals surface area (Å²) in [5.74, 6) is -1.21. The molecule has 2 rings (SSSR count). The van der Waals surface area contributed by atoms with Crippen LogP contribution in [0.3, 0.4) is 0 Å². The fourth-order valence-electron chi connectivity index (χ4n) is 1.61. The van der Waals surface area contributed by atoms with Crippen molar-refractivity contribution in [1.29, 1.82) is 0 Å². The van der Waals surface area contributed by atoms with Gasteiger partial charge in [-0.05, 0) is 30.7 Å². The van der Waals surface area contributed by atoms with Gasteiger partial charge in [0.1, 0.15) is 11.6 Å². The van der Waals surface area contributed by atoms with Gasteiger partial charge < -0.3 is 5.73 Å². The third kappa shape index (κ3) is 2.24. The first-order chi connectivity index (χ1) is 7.99. The van der Waals surface area contributed by atoms with Crippen LogP contribution in [0, 0.1) is 18.6 Å². The van der Waals surface area contributed by atoms with E-state index in [1.54, 1.807) is 19.1 Å². The first-order valence-corrected chi connectivity index (χ1v) is 5.38. The van der Waals surface area contributed by atoms with Crippen molar-refractivity contribution in [3.63, 3.8) is 0 Å². The van der Waals surface area contributed by atoms with E-state index in [0.717, 1.165) is 6.07 Å². The summed E-state index contributed by atoms with van der Waals surface area (Å²) in [6.07, 6.45) is 0. The van der Waals surface area contributed by atoms with Crippen molar-refractivity contribution in [2.45, 2.75) is 6.92 Å². The molecular formula is C13H10ClF2N. The molecule has 0 saturated heterocycles. The van der Waals surface area contributed by atoms with Gasteiger partial charge >= 0.3 is 0 Å². The molecule has 88 valence electrons. The van der Waals surface area contributed by atoms with E-state index in [2.05, 4.69) is 0 Å². The van der Waals surface area contributed by atoms with Gasteiger partial charge in [0.2, 0.25) is 0 Å². The molecule has 0 aromatic heterocycles. The molecular weight excluding hydrogens is 244 g/mol. The zero-order valence-electron chi connectivity index (χ0n) is 9.10. The Bertz CT molecular complexity index is 582. The van der Waals surface area contributed by atoms with E-state index in [9.17, 15) is 8.78 Å². The molecule has 0 bridgehead atoms. The SMILES string of the molecule is Cc1cc(-c2ccc(N)cc2Cl)c(F)cc1F. The second-order valence-electron chi connectivity index (χ2n) is 3.82. The molecule has 2 N–H and O–H groups in total. The zero-order chi connectivity index (χ0) is 12.6. The Balaban J connectivity index is 2.64. The minimum atomic E-state index is -0.639. The van der Waals surface area contributed by atoms with Crippen LogP contribution in [0.5, 0.6) is 0 Å². The number of nitrogen functional groups attached to an aromatic ring is 1. The molecule has 0 fully saturated rings. The highest BCUT2D eigenvalue weighted by Gasteiger charge is 2.12. The minimum Gasteiger partial charge on any atom is -0.399 e. The molecule has 0 amide bonds. The number of hydrogen-bond donors (Lipinski definition) is 1. The van der Waals surface area contributed by atoms with E-state index in [0.29, 0.717) is 21.8 Å². The van der Waals surface area contributed by atoms with Crippen LogP contribution in [0.1, 0.15) is 5.56 Å². The number of benzene rings is 2. The fourth-order valence-corrected chi connectivity index (χ4v) is 1.90. The molecule has 4 heteroatoms. The smallest absolute Gasteiger partial charge is 0.134 e. The Kier molecular flexibility index (Phi) is 3.03. The van der Waals surface area contributed by atoms with Gasteiger partial charge in [-0.15, -0.1) is 0 Å². The van der Waals surface area contributed by atoms with Crippen molar-refractivity contribution in [3.8, 4) is 11.1 Å². The standard InChI is InChI=1S/C13H10ClF2N/c1-7-4-10(13(16)6-12(7)15)9-3-2-8(17)5-11(9)14/h2-6H,17H2,1H3. The first-order valence-electron chi connectivity index (χ1n) is 5.00. The van der Waals surface area contributed by atoms with Gasteiger partial charge in [0.15, 0.2) is 0 Å². The number of anilines is 1. The lowest BCUT2D eigenvalue weighted by atomic mass is 10.0. The topological polar surface area (TPSA) is 26.0 Å². The van der Waals surface area contributed by atoms with Crippen LogP contribution in [0.2, 0.25) is 5.02 Å². The van der Waals surface area contributed by atoms with Crippen molar-refractivity contribution in [3.05, 3.63) is 52.6 Å². The summed E-state index contributed by atoms with van der Waals surface area (Å²) in [4.78, 5) is 0. The summed E-state index contributed by atoms with van der Waals surface area (Å²) in [5, 5.41) is 0.343. The first kappa shape index (κ1) is 11.9. The number of aryl methyl sites for hydroxylation is 1. The molecule has 0 atom stereocenters. The summed E-state index contributed by atoms with van der Waals surface area (Å²) in [7, 11) is 0. The van der Waals surface area contributed by atoms with Crippen molar-refractivity contribution in [1.82, 2.24) is 0 Å². The van der Waals surface area contributed by atoms with Crippen molar-refractivity contribution >= 4 is 17.3 Å². The van der Waals surface area contributed by atoms with E-state index in [1.165, 1.54) is 12.1 Å². The second-order valence-corrected chi connectivity index (χ2v) is 4.23. The van der Waals surface area contributed by atoms with Crippen LogP contribution in [-0.4, -0.2) is 0 Å². The summed E-state index contributed by atoms with van der Waals surface area (Å²) < 4.78 is 26.8. The van der Waals surface area contributed by atoms with Crippen LogP contribution < -0.4 is 5.73 Å². The molecule has 0 unspecified atom stereocenters. The van der Waals surface area contributed by atoms with Gasteiger partial charge in [0, 0.05) is 22.9 Å². The third-order valence-corrected chi connectivity index (χ3v) is 2.84. The maximum Gasteiger partial charge on any atom is 0.134 e. The summed E-state index contributed by atoms with van der Waals surface area (Å²) >= 11 is 5.99. The highest BCUT2D eigenvalue weighted by atomic mass is 35.5. The number of hydrogen-bond acceptors (Lipinski definition) is 1. The van der Waals surface area contributed by atoms with Crippen LogP contribution in [0.4, 0.5) is 14.5 Å². The Labute approximate surface area is 103 Å². The van der Waals surface area contributed by atoms with E-state index in [-0.39, 0.29) is 5.56 Å². The van der Waals surface area contributed by atoms with Crippen LogP contribution >= 0.6 is 11.6 Å². The molecule has 0 radical (unpaired) electrons. The average molecular weight is 254 g/mol. The monoisotopic (exact) mass is 253 g/mol. The highest BCUT2D eigenvalue weighted by molar-refractivity contribution is 6.33. The summed E-state index contributed by atoms with van der Waals surface area (Å²) in [6, 6.07) is 7.07. The van der Waals surface area contributed by atoms with E-state index in [4.69, 9.17) is 17.3 Å². The van der Waals surface area contributed by atoms with Gasteiger partial charge in [-0.1, -0.05) is 17.7 Å². The minimum absolute atomic E-state index is 0.272. The molecule has 1 nitrogen and oxygen atoms in total. The molecule has 2 aromatic carbocycles. The Morgan fingerprint density at radius 2 is 1.71 bits per heavy atom. The van der Waals surface area contributed by atoms with Gasteiger partial charge in [-0.3, -0.25) is 0 Å². The lowest BCUT2D eigenvalue weighted by Crippen LogP contribution is -1.92. The van der Waals surface area contributed by atoms with E-state index < -0.39 is 11.6 Å². The molecule has 0 aliphatic heterocycles. The second kappa shape index (κ2) is 4.34. The number of halogens is 3. The lowest BCUT2D eigenvalue weighted by Gasteiger charge is -2.08. The Morgan fingerprint density at radius 3 is 2.35 bits per heavy atom. The quantitative estimate of drug-likeness (QED) is 0.758. The third-order valence-electron chi connectivity index (χ3n) is 2.53. The van der Waals surface area contributed by atoms with Gasteiger partial charge in [-0.25, -0.2) is 8.78 Å². The summed E-state index contributed by atoms with van der Waals surface area (Å²) in [6.45, 7) is 1.57. The largest absolute Gasteiger partial charge is 0.399 e. The molecule has 0 spiro atoms. The van der Waals surface area contributed by atoms with Crippen LogP contribution in [0.25, 0.3) is 11.1 Å². The van der Waals surface area contributed by atoms with E-state index >= 15 is 0 Å². The molecule has 0 aliphatic carbocycles. The number of rotatable bonds is 1. The molecule has 17 heavy (non-hydrogen) atoms. The summed E-state index contributed by atoms with van der Waals surface area (Å²) in [5.41, 5.74) is 7.20. The van der Waals surface area contributed by atoms with Crippen molar-refractivity contribution < 1.29 is 8.78 Å². The van der Waals surface area contributed by atoms with Gasteiger partial charge in [0.25, 0.3) is 0 Å². The average Bonchev–Trinajstić information content (AvgIpc) is 2.24. The molecule has 2 aromatic rings. The zero-order valence-corrected chi connectivity index (χ0v) is 9.85. The normalized spacial score (nSPS) is 10.6. The fraction of sp³-hybridized carbons (Fsp3) is 0.0769. The molecule has 0 aliphatic rings. The predicted molar refractivity (Wildman–Crippen MR) is 66.0 cm³/mol. The van der Waals surface area contributed by atoms with E-state index in [1.807, 2.05) is 0 Å². The van der Waals surface area contributed by atoms with Gasteiger partial charge in [-0.2, -0.15) is 0 Å². The maximum atomic E-state index is 13.7. The number of nitrogens with two attached hydrogens (primary N) is 1. The Morgan fingerprint density at radius 1 is 1.00 bits per heavy atom. The maximum absolute atomic E-state index is 13.7. The van der Waals surface area contributed by atoms with Crippen molar-refractivity contribution in [2.24, 2.45) is 0 Å². The van der Waals surface area contributed by atoms with Crippen LogP contribution in [-0.2, 0) is 0 Å². The predicted octanol–water partition coefficient (Wildman–Crippen LogP) is 4.18. The van der Waals surface area contributed by atoms with Gasteiger partial charge in [0.05, 0.1) is 5.02 Å². The van der Waals surface area contributed by atoms with Crippen LogP contribution in [0.15, 0.2) is 30.3 Å². The molecule has 0 heterocycles. The van der Waals surface area contributed by atoms with Crippen molar-refractivity contribution in [2.75, 3.05) is 5.73 Å². The Hall–Kier alpha value is -1.61.